The Morgan fingerprint density at radius 2 is 1.79 bits per heavy atom. The first-order chi connectivity index (χ1) is 17.9. The Labute approximate surface area is 217 Å². The molecule has 2 N–H and O–H groups in total. The molecule has 2 amide bonds. The van der Waals surface area contributed by atoms with E-state index in [2.05, 4.69) is 9.97 Å². The number of ether oxygens (including phenoxy) is 1. The number of nitrogens with one attached hydrogen (secondary N) is 1. The van der Waals surface area contributed by atoms with E-state index in [1.54, 1.807) is 6.07 Å². The number of anilines is 2. The second-order valence-electron chi connectivity index (χ2n) is 8.30. The summed E-state index contributed by atoms with van der Waals surface area (Å²) >= 11 is 6.38. The SMILES string of the molecule is CN(C(=O)O)c1nc2cc(C3(OC(=O)C(F)(F)F)c4ccccc4C(=O)N3c3ccccc3Cl)ccc2[nH]1. The topological polar surface area (TPSA) is 116 Å². The molecule has 0 saturated heterocycles. The van der Waals surface area contributed by atoms with Gasteiger partial charge in [-0.05, 0) is 30.3 Å². The molecule has 2 heterocycles. The molecule has 3 aromatic carbocycles. The fourth-order valence-electron chi connectivity index (χ4n) is 4.35. The highest BCUT2D eigenvalue weighted by atomic mass is 35.5. The number of fused-ring (bicyclic) bond motifs is 2. The first-order valence-electron chi connectivity index (χ1n) is 10.9. The number of hydrogen-bond acceptors (Lipinski definition) is 5. The zero-order chi connectivity index (χ0) is 27.4. The molecule has 1 aromatic heterocycles. The minimum absolute atomic E-state index is 0.00114. The lowest BCUT2D eigenvalue weighted by Gasteiger charge is -2.39. The van der Waals surface area contributed by atoms with E-state index in [0.29, 0.717) is 5.52 Å². The number of H-pyrrole nitrogens is 1. The van der Waals surface area contributed by atoms with Gasteiger partial charge in [0.25, 0.3) is 5.91 Å². The number of carboxylic acid groups (broad SMARTS) is 1. The number of para-hydroxylation sites is 1. The number of halogens is 4. The molecule has 194 valence electrons. The van der Waals surface area contributed by atoms with E-state index in [-0.39, 0.29) is 38.9 Å². The van der Waals surface area contributed by atoms with Crippen LogP contribution in [0.4, 0.5) is 29.6 Å². The third-order valence-corrected chi connectivity index (χ3v) is 6.39. The standard InChI is InChI=1S/C25H16ClF3N4O5/c1-32(23(36)37)22-30-17-11-10-13(12-18(17)31-22)24(38-21(35)25(27,28)29)15-7-3-2-6-14(15)20(34)33(24)19-9-5-4-8-16(19)26/h2-12H,1H3,(H,30,31)(H,36,37). The van der Waals surface area contributed by atoms with Gasteiger partial charge in [-0.25, -0.2) is 14.6 Å². The monoisotopic (exact) mass is 544 g/mol. The summed E-state index contributed by atoms with van der Waals surface area (Å²) in [5, 5.41) is 9.30. The van der Waals surface area contributed by atoms with Crippen molar-refractivity contribution in [2.24, 2.45) is 0 Å². The molecule has 1 atom stereocenters. The summed E-state index contributed by atoms with van der Waals surface area (Å²) in [4.78, 5) is 46.2. The number of carbonyl (C=O) groups excluding carboxylic acids is 2. The Kier molecular flexibility index (Phi) is 5.79. The summed E-state index contributed by atoms with van der Waals surface area (Å²) in [5.41, 5.74) is -2.04. The molecule has 9 nitrogen and oxygen atoms in total. The number of amides is 2. The molecule has 0 radical (unpaired) electrons. The number of imidazole rings is 1. The Hall–Kier alpha value is -4.58. The minimum atomic E-state index is -5.40. The van der Waals surface area contributed by atoms with Gasteiger partial charge in [0, 0.05) is 23.7 Å². The maximum atomic E-state index is 13.7. The highest BCUT2D eigenvalue weighted by Gasteiger charge is 2.58. The lowest BCUT2D eigenvalue weighted by Crippen LogP contribution is -2.50. The summed E-state index contributed by atoms with van der Waals surface area (Å²) < 4.78 is 46.1. The van der Waals surface area contributed by atoms with E-state index in [1.165, 1.54) is 67.7 Å². The molecule has 0 spiro atoms. The van der Waals surface area contributed by atoms with Crippen LogP contribution in [0.15, 0.2) is 66.7 Å². The predicted octanol–water partition coefficient (Wildman–Crippen LogP) is 5.30. The van der Waals surface area contributed by atoms with Crippen LogP contribution in [0.25, 0.3) is 11.0 Å². The predicted molar refractivity (Wildman–Crippen MR) is 130 cm³/mol. The highest BCUT2D eigenvalue weighted by Crippen LogP contribution is 2.50. The number of hydrogen-bond donors (Lipinski definition) is 2. The van der Waals surface area contributed by atoms with E-state index in [9.17, 15) is 32.7 Å². The molecule has 38 heavy (non-hydrogen) atoms. The fourth-order valence-corrected chi connectivity index (χ4v) is 4.57. The molecular weight excluding hydrogens is 529 g/mol. The van der Waals surface area contributed by atoms with E-state index >= 15 is 0 Å². The summed E-state index contributed by atoms with van der Waals surface area (Å²) in [6, 6.07) is 15.8. The van der Waals surface area contributed by atoms with E-state index < -0.39 is 29.9 Å². The number of rotatable bonds is 4. The van der Waals surface area contributed by atoms with Gasteiger partial charge in [0.2, 0.25) is 11.7 Å². The molecular formula is C25H16ClF3N4O5. The van der Waals surface area contributed by atoms with Gasteiger partial charge in [0.15, 0.2) is 0 Å². The number of esters is 1. The first kappa shape index (κ1) is 25.1. The van der Waals surface area contributed by atoms with Crippen molar-refractivity contribution in [2.75, 3.05) is 16.8 Å². The van der Waals surface area contributed by atoms with Crippen LogP contribution in [0.5, 0.6) is 0 Å². The van der Waals surface area contributed by atoms with Crippen LogP contribution in [0.1, 0.15) is 21.5 Å². The maximum absolute atomic E-state index is 13.7. The third kappa shape index (κ3) is 3.80. The molecule has 0 aliphatic carbocycles. The number of carbonyl (C=O) groups is 3. The number of aromatic amines is 1. The Balaban J connectivity index is 1.82. The number of benzene rings is 3. The minimum Gasteiger partial charge on any atom is -0.465 e. The van der Waals surface area contributed by atoms with Crippen LogP contribution >= 0.6 is 11.6 Å². The molecule has 1 unspecified atom stereocenters. The number of nitrogens with zero attached hydrogens (tertiary/aromatic N) is 3. The van der Waals surface area contributed by atoms with Gasteiger partial charge < -0.3 is 14.8 Å². The van der Waals surface area contributed by atoms with Crippen molar-refractivity contribution in [3.63, 3.8) is 0 Å². The van der Waals surface area contributed by atoms with Gasteiger partial charge in [-0.15, -0.1) is 0 Å². The summed E-state index contributed by atoms with van der Waals surface area (Å²) in [6.07, 6.45) is -6.70. The van der Waals surface area contributed by atoms with Crippen LogP contribution in [0.3, 0.4) is 0 Å². The van der Waals surface area contributed by atoms with Crippen molar-refractivity contribution in [1.82, 2.24) is 9.97 Å². The van der Waals surface area contributed by atoms with Gasteiger partial charge in [0.05, 0.1) is 21.7 Å². The first-order valence-corrected chi connectivity index (χ1v) is 11.3. The summed E-state index contributed by atoms with van der Waals surface area (Å²) in [5.74, 6) is -3.35. The Morgan fingerprint density at radius 3 is 2.47 bits per heavy atom. The average Bonchev–Trinajstić information content (AvgIpc) is 3.41. The Bertz CT molecular complexity index is 1620. The van der Waals surface area contributed by atoms with Gasteiger partial charge in [-0.1, -0.05) is 48.0 Å². The smallest absolute Gasteiger partial charge is 0.465 e. The fraction of sp³-hybridized carbons (Fsp3) is 0.120. The molecule has 1 aliphatic rings. The van der Waals surface area contributed by atoms with Gasteiger partial charge >= 0.3 is 18.2 Å². The van der Waals surface area contributed by atoms with Crippen LogP contribution in [-0.2, 0) is 15.3 Å². The van der Waals surface area contributed by atoms with Crippen LogP contribution < -0.4 is 9.80 Å². The van der Waals surface area contributed by atoms with Crippen molar-refractivity contribution >= 4 is 52.2 Å². The lowest BCUT2D eigenvalue weighted by atomic mass is 9.92. The molecule has 0 bridgehead atoms. The molecule has 13 heteroatoms. The van der Waals surface area contributed by atoms with Crippen molar-refractivity contribution < 1.29 is 37.4 Å². The second-order valence-corrected chi connectivity index (χ2v) is 8.71. The maximum Gasteiger partial charge on any atom is 0.491 e. The molecule has 0 fully saturated rings. The molecule has 5 rings (SSSR count). The van der Waals surface area contributed by atoms with Gasteiger partial charge in [-0.3, -0.25) is 14.6 Å². The molecule has 0 saturated carbocycles. The largest absolute Gasteiger partial charge is 0.491 e. The molecule has 4 aromatic rings. The Morgan fingerprint density at radius 1 is 1.11 bits per heavy atom. The van der Waals surface area contributed by atoms with Gasteiger partial charge in [0.1, 0.15) is 0 Å². The highest BCUT2D eigenvalue weighted by molar-refractivity contribution is 6.34. The lowest BCUT2D eigenvalue weighted by molar-refractivity contribution is -0.211. The normalized spacial score (nSPS) is 17.0. The quantitative estimate of drug-likeness (QED) is 0.337. The van der Waals surface area contributed by atoms with Crippen molar-refractivity contribution in [1.29, 1.82) is 0 Å². The molecule has 1 aliphatic heterocycles. The van der Waals surface area contributed by atoms with E-state index in [4.69, 9.17) is 16.3 Å². The van der Waals surface area contributed by atoms with Crippen LogP contribution in [0.2, 0.25) is 5.02 Å². The van der Waals surface area contributed by atoms with Crippen LogP contribution in [-0.4, -0.2) is 46.3 Å². The van der Waals surface area contributed by atoms with Crippen molar-refractivity contribution in [3.05, 3.63) is 88.4 Å². The average molecular weight is 545 g/mol. The number of aromatic nitrogens is 2. The second kappa shape index (κ2) is 8.77. The summed E-state index contributed by atoms with van der Waals surface area (Å²) in [7, 11) is 1.25. The van der Waals surface area contributed by atoms with E-state index in [1.807, 2.05) is 0 Å². The third-order valence-electron chi connectivity index (χ3n) is 6.07. The number of alkyl halides is 3. The van der Waals surface area contributed by atoms with E-state index in [0.717, 1.165) is 9.80 Å². The van der Waals surface area contributed by atoms with Crippen molar-refractivity contribution in [3.8, 4) is 0 Å². The summed E-state index contributed by atoms with van der Waals surface area (Å²) in [6.45, 7) is 0. The van der Waals surface area contributed by atoms with Crippen LogP contribution in [0, 0.1) is 0 Å². The zero-order valence-electron chi connectivity index (χ0n) is 19.3. The van der Waals surface area contributed by atoms with Gasteiger partial charge in [-0.2, -0.15) is 13.2 Å². The van der Waals surface area contributed by atoms with Crippen molar-refractivity contribution in [2.45, 2.75) is 11.9 Å². The zero-order valence-corrected chi connectivity index (χ0v) is 20.0.